The molecular formula is C15H26N2O2S2. The molecule has 120 valence electrons. The van der Waals surface area contributed by atoms with Crippen LogP contribution in [0.4, 0.5) is 0 Å². The minimum absolute atomic E-state index is 0.188. The summed E-state index contributed by atoms with van der Waals surface area (Å²) >= 11 is 1.40. The Hall–Kier alpha value is -0.430. The van der Waals surface area contributed by atoms with Gasteiger partial charge in [-0.25, -0.2) is 8.42 Å². The normalized spacial score (nSPS) is 20.8. The standard InChI is InChI=1S/C15H26N2O2S2/c1-3-7-13-8-5-6-11-17(13)21(18,19)15-10-9-14(20-15)12-16-4-2/h9-10,13,16H,3-8,11-12H2,1-2H3. The quantitative estimate of drug-likeness (QED) is 0.835. The van der Waals surface area contributed by atoms with Crippen LogP contribution in [-0.4, -0.2) is 31.9 Å². The highest BCUT2D eigenvalue weighted by Gasteiger charge is 2.33. The van der Waals surface area contributed by atoms with Crippen LogP contribution in [0.15, 0.2) is 16.3 Å². The van der Waals surface area contributed by atoms with E-state index in [2.05, 4.69) is 12.2 Å². The molecule has 1 fully saturated rings. The number of thiophene rings is 1. The molecule has 0 aliphatic carbocycles. The first kappa shape index (κ1) is 16.9. The number of piperidine rings is 1. The predicted molar refractivity (Wildman–Crippen MR) is 88.1 cm³/mol. The summed E-state index contributed by atoms with van der Waals surface area (Å²) in [6, 6.07) is 3.89. The summed E-state index contributed by atoms with van der Waals surface area (Å²) in [6.45, 7) is 6.49. The van der Waals surface area contributed by atoms with Crippen LogP contribution in [0, 0.1) is 0 Å². The Labute approximate surface area is 132 Å². The summed E-state index contributed by atoms with van der Waals surface area (Å²) in [6.07, 6.45) is 5.13. The maximum Gasteiger partial charge on any atom is 0.252 e. The summed E-state index contributed by atoms with van der Waals surface area (Å²) < 4.78 is 28.0. The van der Waals surface area contributed by atoms with E-state index in [4.69, 9.17) is 0 Å². The zero-order valence-electron chi connectivity index (χ0n) is 13.0. The lowest BCUT2D eigenvalue weighted by atomic mass is 10.0. The van der Waals surface area contributed by atoms with Gasteiger partial charge in [0, 0.05) is 24.0 Å². The molecule has 2 rings (SSSR count). The molecule has 0 bridgehead atoms. The van der Waals surface area contributed by atoms with Crippen molar-refractivity contribution in [1.82, 2.24) is 9.62 Å². The number of hydrogen-bond donors (Lipinski definition) is 1. The van der Waals surface area contributed by atoms with E-state index in [1.54, 1.807) is 10.4 Å². The topological polar surface area (TPSA) is 49.4 Å². The van der Waals surface area contributed by atoms with Crippen LogP contribution in [0.25, 0.3) is 0 Å². The van der Waals surface area contributed by atoms with Gasteiger partial charge >= 0.3 is 0 Å². The maximum atomic E-state index is 12.9. The van der Waals surface area contributed by atoms with Gasteiger partial charge in [0.2, 0.25) is 0 Å². The van der Waals surface area contributed by atoms with Gasteiger partial charge in [0.25, 0.3) is 10.0 Å². The van der Waals surface area contributed by atoms with E-state index < -0.39 is 10.0 Å². The monoisotopic (exact) mass is 330 g/mol. The molecule has 1 saturated heterocycles. The molecule has 1 aliphatic heterocycles. The highest BCUT2D eigenvalue weighted by atomic mass is 32.2. The molecule has 0 amide bonds. The molecule has 1 N–H and O–H groups in total. The molecule has 0 aromatic carbocycles. The van der Waals surface area contributed by atoms with Crippen molar-refractivity contribution in [2.45, 2.75) is 62.7 Å². The molecule has 0 radical (unpaired) electrons. The fourth-order valence-electron chi connectivity index (χ4n) is 2.87. The molecule has 1 aromatic heterocycles. The van der Waals surface area contributed by atoms with Crippen molar-refractivity contribution in [3.8, 4) is 0 Å². The average Bonchev–Trinajstić information content (AvgIpc) is 2.95. The van der Waals surface area contributed by atoms with E-state index in [1.807, 2.05) is 13.0 Å². The number of nitrogens with zero attached hydrogens (tertiary/aromatic N) is 1. The highest BCUT2D eigenvalue weighted by Crippen LogP contribution is 2.31. The smallest absolute Gasteiger partial charge is 0.252 e. The fraction of sp³-hybridized carbons (Fsp3) is 0.733. The molecule has 1 atom stereocenters. The lowest BCUT2D eigenvalue weighted by molar-refractivity contribution is 0.240. The minimum atomic E-state index is -3.31. The molecule has 6 heteroatoms. The second-order valence-electron chi connectivity index (χ2n) is 5.56. The third-order valence-corrected chi connectivity index (χ3v) is 7.45. The second kappa shape index (κ2) is 7.72. The summed E-state index contributed by atoms with van der Waals surface area (Å²) in [5, 5.41) is 3.24. The van der Waals surface area contributed by atoms with Crippen LogP contribution in [0.2, 0.25) is 0 Å². The van der Waals surface area contributed by atoms with E-state index in [1.165, 1.54) is 11.3 Å². The first-order chi connectivity index (χ1) is 10.1. The van der Waals surface area contributed by atoms with Crippen LogP contribution in [0.5, 0.6) is 0 Å². The molecule has 4 nitrogen and oxygen atoms in total. The Morgan fingerprint density at radius 3 is 2.86 bits per heavy atom. The molecule has 0 spiro atoms. The summed E-state index contributed by atoms with van der Waals surface area (Å²) in [4.78, 5) is 1.08. The Morgan fingerprint density at radius 1 is 1.33 bits per heavy atom. The lowest BCUT2D eigenvalue weighted by Gasteiger charge is -2.34. The summed E-state index contributed by atoms with van der Waals surface area (Å²) in [7, 11) is -3.31. The van der Waals surface area contributed by atoms with Gasteiger partial charge in [0.05, 0.1) is 0 Å². The summed E-state index contributed by atoms with van der Waals surface area (Å²) in [5.74, 6) is 0. The molecule has 21 heavy (non-hydrogen) atoms. The van der Waals surface area contributed by atoms with E-state index >= 15 is 0 Å². The van der Waals surface area contributed by atoms with Crippen molar-refractivity contribution >= 4 is 21.4 Å². The molecule has 2 heterocycles. The van der Waals surface area contributed by atoms with E-state index in [0.717, 1.165) is 50.1 Å². The minimum Gasteiger partial charge on any atom is -0.312 e. The van der Waals surface area contributed by atoms with Crippen molar-refractivity contribution in [3.63, 3.8) is 0 Å². The van der Waals surface area contributed by atoms with E-state index in [-0.39, 0.29) is 6.04 Å². The Balaban J connectivity index is 2.17. The van der Waals surface area contributed by atoms with Gasteiger partial charge < -0.3 is 5.32 Å². The molecule has 0 saturated carbocycles. The van der Waals surface area contributed by atoms with Crippen LogP contribution in [-0.2, 0) is 16.6 Å². The van der Waals surface area contributed by atoms with Gasteiger partial charge in [-0.3, -0.25) is 0 Å². The third kappa shape index (κ3) is 4.06. The third-order valence-electron chi connectivity index (χ3n) is 3.94. The Kier molecular flexibility index (Phi) is 6.22. The van der Waals surface area contributed by atoms with Gasteiger partial charge in [-0.2, -0.15) is 4.31 Å². The predicted octanol–water partition coefficient (Wildman–Crippen LogP) is 3.20. The van der Waals surface area contributed by atoms with Gasteiger partial charge in [0.1, 0.15) is 4.21 Å². The van der Waals surface area contributed by atoms with Gasteiger partial charge in [-0.15, -0.1) is 11.3 Å². The zero-order chi connectivity index (χ0) is 15.3. The van der Waals surface area contributed by atoms with Crippen LogP contribution < -0.4 is 5.32 Å². The van der Waals surface area contributed by atoms with Crippen molar-refractivity contribution in [3.05, 3.63) is 17.0 Å². The number of sulfonamides is 1. The number of nitrogens with one attached hydrogen (secondary N) is 1. The maximum absolute atomic E-state index is 12.9. The molecule has 1 unspecified atom stereocenters. The fourth-order valence-corrected chi connectivity index (χ4v) is 6.05. The Bertz CT molecular complexity index is 538. The molecule has 1 aromatic rings. The first-order valence-electron chi connectivity index (χ1n) is 7.90. The molecular weight excluding hydrogens is 304 g/mol. The van der Waals surface area contributed by atoms with Crippen molar-refractivity contribution in [2.75, 3.05) is 13.1 Å². The molecule has 1 aliphatic rings. The highest BCUT2D eigenvalue weighted by molar-refractivity contribution is 7.91. The first-order valence-corrected chi connectivity index (χ1v) is 10.2. The van der Waals surface area contributed by atoms with Gasteiger partial charge in [-0.05, 0) is 37.9 Å². The van der Waals surface area contributed by atoms with Gasteiger partial charge in [0.15, 0.2) is 0 Å². The summed E-state index contributed by atoms with van der Waals surface area (Å²) in [5.41, 5.74) is 0. The average molecular weight is 331 g/mol. The van der Waals surface area contributed by atoms with Crippen molar-refractivity contribution < 1.29 is 8.42 Å². The Morgan fingerprint density at radius 2 is 2.14 bits per heavy atom. The second-order valence-corrected chi connectivity index (χ2v) is 8.84. The SMILES string of the molecule is CCCC1CCCCN1S(=O)(=O)c1ccc(CNCC)s1. The van der Waals surface area contributed by atoms with Crippen LogP contribution >= 0.6 is 11.3 Å². The lowest BCUT2D eigenvalue weighted by Crippen LogP contribution is -2.43. The zero-order valence-corrected chi connectivity index (χ0v) is 14.6. The van der Waals surface area contributed by atoms with Crippen LogP contribution in [0.1, 0.15) is 50.8 Å². The van der Waals surface area contributed by atoms with Gasteiger partial charge in [-0.1, -0.05) is 26.7 Å². The number of rotatable bonds is 7. The van der Waals surface area contributed by atoms with E-state index in [0.29, 0.717) is 10.8 Å². The van der Waals surface area contributed by atoms with Crippen molar-refractivity contribution in [1.29, 1.82) is 0 Å². The van der Waals surface area contributed by atoms with Crippen LogP contribution in [0.3, 0.4) is 0 Å². The van der Waals surface area contributed by atoms with Crippen molar-refractivity contribution in [2.24, 2.45) is 0 Å². The largest absolute Gasteiger partial charge is 0.312 e. The number of hydrogen-bond acceptors (Lipinski definition) is 4. The van der Waals surface area contributed by atoms with E-state index in [9.17, 15) is 8.42 Å².